The van der Waals surface area contributed by atoms with Crippen molar-refractivity contribution in [3.63, 3.8) is 0 Å². The zero-order valence-corrected chi connectivity index (χ0v) is 11.5. The van der Waals surface area contributed by atoms with Crippen LogP contribution in [-0.4, -0.2) is 5.91 Å². The number of amides is 1. The molecule has 0 N–H and O–H groups in total. The maximum absolute atomic E-state index is 11.6. The second-order valence-electron chi connectivity index (χ2n) is 3.03. The van der Waals surface area contributed by atoms with Crippen LogP contribution in [0.3, 0.4) is 0 Å². The first-order valence-corrected chi connectivity index (χ1v) is 4.64. The van der Waals surface area contributed by atoms with Gasteiger partial charge in [-0.3, -0.25) is 0 Å². The van der Waals surface area contributed by atoms with E-state index in [1.54, 1.807) is 30.3 Å². The Morgan fingerprint density at radius 3 is 2.31 bits per heavy atom. The van der Waals surface area contributed by atoms with E-state index < -0.39 is 0 Å². The first-order valence-electron chi connectivity index (χ1n) is 4.64. The normalized spacial score (nSPS) is 9.00. The fourth-order valence-corrected chi connectivity index (χ4v) is 1.21. The standard InChI is InChI=1S/C13H10NO.Y/c15-13(11-7-3-1-4-8-11)14-12-9-5-2-6-10-12;/h1-7,9-10H,(H,14,15);/q-1;/p-1. The Balaban J connectivity index is 0.00000128. The minimum absolute atomic E-state index is 0. The molecule has 2 nitrogen and oxygen atoms in total. The Bertz CT molecular complexity index is 442. The second-order valence-corrected chi connectivity index (χ2v) is 3.03. The molecule has 1 radical (unpaired) electrons. The molecule has 0 atom stereocenters. The van der Waals surface area contributed by atoms with Crippen LogP contribution in [0.5, 0.6) is 0 Å². The van der Waals surface area contributed by atoms with E-state index in [9.17, 15) is 4.79 Å². The van der Waals surface area contributed by atoms with Crippen LogP contribution in [0, 0.1) is 6.07 Å². The largest absolute Gasteiger partial charge is 0.668 e. The minimum Gasteiger partial charge on any atom is -0.668 e. The van der Waals surface area contributed by atoms with Gasteiger partial charge < -0.3 is 10.1 Å². The first kappa shape index (κ1) is 13.1. The molecule has 16 heavy (non-hydrogen) atoms. The van der Waals surface area contributed by atoms with Crippen LogP contribution in [0.15, 0.2) is 54.6 Å². The summed E-state index contributed by atoms with van der Waals surface area (Å²) in [4.78, 5) is 11.6. The van der Waals surface area contributed by atoms with Gasteiger partial charge in [0.2, 0.25) is 0 Å². The summed E-state index contributed by atoms with van der Waals surface area (Å²) in [5, 5.41) is 3.96. The van der Waals surface area contributed by atoms with Gasteiger partial charge in [-0.05, 0) is 5.91 Å². The molecule has 0 saturated heterocycles. The van der Waals surface area contributed by atoms with E-state index in [4.69, 9.17) is 0 Å². The number of nitrogens with zero attached hydrogens (tertiary/aromatic N) is 1. The van der Waals surface area contributed by atoms with Crippen LogP contribution in [0.25, 0.3) is 5.32 Å². The third-order valence-corrected chi connectivity index (χ3v) is 1.93. The first-order chi connectivity index (χ1) is 7.36. The Hall–Kier alpha value is -0.986. The van der Waals surface area contributed by atoms with Crippen molar-refractivity contribution < 1.29 is 37.5 Å². The smallest absolute Gasteiger partial charge is 0 e. The molecule has 0 unspecified atom stereocenters. The molecule has 0 saturated carbocycles. The molecule has 0 aliphatic carbocycles. The van der Waals surface area contributed by atoms with E-state index in [-0.39, 0.29) is 38.6 Å². The average Bonchev–Trinajstić information content (AvgIpc) is 2.31. The van der Waals surface area contributed by atoms with E-state index in [0.717, 1.165) is 0 Å². The average molecular weight is 284 g/mol. The predicted molar refractivity (Wildman–Crippen MR) is 59.1 cm³/mol. The second kappa shape index (κ2) is 6.56. The summed E-state index contributed by atoms with van der Waals surface area (Å²) in [7, 11) is 0. The summed E-state index contributed by atoms with van der Waals surface area (Å²) >= 11 is 0. The molecule has 0 heterocycles. The van der Waals surface area contributed by atoms with Gasteiger partial charge >= 0.3 is 0 Å². The van der Waals surface area contributed by atoms with E-state index in [2.05, 4.69) is 11.4 Å². The summed E-state index contributed by atoms with van der Waals surface area (Å²) < 4.78 is 0. The van der Waals surface area contributed by atoms with Crippen LogP contribution in [0.2, 0.25) is 0 Å². The van der Waals surface area contributed by atoms with Gasteiger partial charge in [-0.1, -0.05) is 30.3 Å². The van der Waals surface area contributed by atoms with Crippen LogP contribution in [0.4, 0.5) is 5.69 Å². The van der Waals surface area contributed by atoms with Crippen LogP contribution < -0.4 is 0 Å². The van der Waals surface area contributed by atoms with E-state index >= 15 is 0 Å². The fraction of sp³-hybridized carbons (Fsp3) is 0. The van der Waals surface area contributed by atoms with Gasteiger partial charge in [-0.25, -0.2) is 0 Å². The molecule has 2 rings (SSSR count). The van der Waals surface area contributed by atoms with Crippen LogP contribution >= 0.6 is 0 Å². The quantitative estimate of drug-likeness (QED) is 0.778. The van der Waals surface area contributed by atoms with Crippen molar-refractivity contribution in [3.8, 4) is 0 Å². The molecule has 0 fully saturated rings. The van der Waals surface area contributed by atoms with Gasteiger partial charge in [0.1, 0.15) is 0 Å². The zero-order valence-electron chi connectivity index (χ0n) is 8.63. The molecular weight excluding hydrogens is 275 g/mol. The summed E-state index contributed by atoms with van der Waals surface area (Å²) in [5.74, 6) is -0.262. The van der Waals surface area contributed by atoms with Crippen molar-refractivity contribution >= 4 is 11.6 Å². The van der Waals surface area contributed by atoms with Gasteiger partial charge in [0, 0.05) is 32.7 Å². The molecule has 0 aromatic heterocycles. The summed E-state index contributed by atoms with van der Waals surface area (Å²) in [6, 6.07) is 19.0. The SMILES string of the molecule is O=C([N-]c1ccccc1)c1[c-]cccc1.[Y]. The van der Waals surface area contributed by atoms with Crippen LogP contribution in [-0.2, 0) is 32.7 Å². The van der Waals surface area contributed by atoms with E-state index in [1.165, 1.54) is 0 Å². The topological polar surface area (TPSA) is 31.2 Å². The van der Waals surface area contributed by atoms with Crippen LogP contribution in [0.1, 0.15) is 10.4 Å². The Morgan fingerprint density at radius 1 is 1.00 bits per heavy atom. The molecular formula is C13H9NOY-2. The van der Waals surface area contributed by atoms with Gasteiger partial charge in [-0.2, -0.15) is 0 Å². The number of hydrogen-bond acceptors (Lipinski definition) is 1. The van der Waals surface area contributed by atoms with Gasteiger partial charge in [-0.15, -0.1) is 41.6 Å². The number of para-hydroxylation sites is 1. The maximum atomic E-state index is 11.6. The number of rotatable bonds is 2. The molecule has 1 amide bonds. The Labute approximate surface area is 120 Å². The van der Waals surface area contributed by atoms with Gasteiger partial charge in [0.25, 0.3) is 0 Å². The third-order valence-electron chi connectivity index (χ3n) is 1.93. The van der Waals surface area contributed by atoms with E-state index in [0.29, 0.717) is 11.3 Å². The Kier molecular flexibility index (Phi) is 5.37. The van der Waals surface area contributed by atoms with Crippen molar-refractivity contribution in [1.29, 1.82) is 0 Å². The zero-order chi connectivity index (χ0) is 10.5. The Morgan fingerprint density at radius 2 is 1.69 bits per heavy atom. The minimum atomic E-state index is -0.262. The van der Waals surface area contributed by atoms with Crippen molar-refractivity contribution in [2.75, 3.05) is 0 Å². The van der Waals surface area contributed by atoms with E-state index in [1.807, 2.05) is 24.3 Å². The van der Waals surface area contributed by atoms with Gasteiger partial charge in [0.15, 0.2) is 0 Å². The van der Waals surface area contributed by atoms with Crippen molar-refractivity contribution in [3.05, 3.63) is 71.5 Å². The third kappa shape index (κ3) is 3.55. The molecule has 0 aliphatic rings. The summed E-state index contributed by atoms with van der Waals surface area (Å²) in [6.07, 6.45) is 0. The molecule has 2 aromatic carbocycles. The maximum Gasteiger partial charge on any atom is 0 e. The molecule has 77 valence electrons. The molecule has 0 bridgehead atoms. The fourth-order valence-electron chi connectivity index (χ4n) is 1.21. The van der Waals surface area contributed by atoms with Gasteiger partial charge in [0.05, 0.1) is 0 Å². The molecule has 3 heteroatoms. The number of carbonyl (C=O) groups excluding carboxylic acids is 1. The molecule has 0 spiro atoms. The predicted octanol–water partition coefficient (Wildman–Crippen LogP) is 3.33. The molecule has 2 aromatic rings. The van der Waals surface area contributed by atoms with Crippen molar-refractivity contribution in [1.82, 2.24) is 0 Å². The van der Waals surface area contributed by atoms with Crippen molar-refractivity contribution in [2.24, 2.45) is 0 Å². The molecule has 0 aliphatic heterocycles. The summed E-state index contributed by atoms with van der Waals surface area (Å²) in [6.45, 7) is 0. The number of carbonyl (C=O) groups is 1. The number of benzene rings is 2. The number of hydrogen-bond donors (Lipinski definition) is 0. The summed E-state index contributed by atoms with van der Waals surface area (Å²) in [5.41, 5.74) is 1.15. The van der Waals surface area contributed by atoms with Crippen molar-refractivity contribution in [2.45, 2.75) is 0 Å². The monoisotopic (exact) mass is 284 g/mol.